The van der Waals surface area contributed by atoms with Crippen LogP contribution in [0.2, 0.25) is 0 Å². The number of hydrogen-bond donors (Lipinski definition) is 2. The third-order valence-electron chi connectivity index (χ3n) is 3.57. The maximum atomic E-state index is 12.3. The van der Waals surface area contributed by atoms with Crippen LogP contribution < -0.4 is 67.1 Å². The number of amides is 2. The Bertz CT molecular complexity index is 638. The topological polar surface area (TPSA) is 151 Å². The van der Waals surface area contributed by atoms with E-state index in [1.807, 2.05) is 27.7 Å². The second-order valence-electron chi connectivity index (χ2n) is 6.93. The summed E-state index contributed by atoms with van der Waals surface area (Å²) in [5.41, 5.74) is 0. The van der Waals surface area contributed by atoms with Crippen molar-refractivity contribution in [2.24, 2.45) is 11.8 Å². The molecular weight excluding hydrogens is 407 g/mol. The van der Waals surface area contributed by atoms with E-state index in [-0.39, 0.29) is 63.7 Å². The molecule has 10 nitrogen and oxygen atoms in total. The van der Waals surface area contributed by atoms with Gasteiger partial charge in [-0.3, -0.25) is 9.59 Å². The maximum Gasteiger partial charge on any atom is 1.00 e. The number of nitrogens with one attached hydrogen (secondary N) is 2. The second kappa shape index (κ2) is 11.8. The van der Waals surface area contributed by atoms with E-state index >= 15 is 0 Å². The fourth-order valence-electron chi connectivity index (χ4n) is 2.29. The molecule has 27 heavy (non-hydrogen) atoms. The smallest absolute Gasteiger partial charge is 0.547 e. The van der Waals surface area contributed by atoms with Crippen LogP contribution in [0.4, 0.5) is 0 Å². The van der Waals surface area contributed by atoms with Crippen LogP contribution in [0, 0.1) is 11.8 Å². The van der Waals surface area contributed by atoms with Crippen molar-refractivity contribution in [3.8, 4) is 0 Å². The van der Waals surface area contributed by atoms with E-state index in [0.717, 1.165) is 6.42 Å². The van der Waals surface area contributed by atoms with Gasteiger partial charge < -0.3 is 20.5 Å². The van der Waals surface area contributed by atoms with Gasteiger partial charge in [0.1, 0.15) is 6.04 Å². The molecule has 1 saturated heterocycles. The van der Waals surface area contributed by atoms with Crippen LogP contribution in [0.25, 0.3) is 0 Å². The Balaban J connectivity index is 0.00000676. The van der Waals surface area contributed by atoms with Crippen molar-refractivity contribution >= 4 is 28.2 Å². The van der Waals surface area contributed by atoms with E-state index in [1.165, 1.54) is 0 Å². The number of carboxylic acids is 1. The van der Waals surface area contributed by atoms with Crippen molar-refractivity contribution in [2.45, 2.75) is 58.8 Å². The average Bonchev–Trinajstić information content (AvgIpc) is 2.81. The molecule has 12 heteroatoms. The molecule has 2 N–H and O–H groups in total. The van der Waals surface area contributed by atoms with Gasteiger partial charge in [0.15, 0.2) is 12.2 Å². The molecule has 1 heterocycles. The molecule has 0 aromatic carbocycles. The first kappa shape index (κ1) is 26.9. The number of hydrogen-bond acceptors (Lipinski definition) is 8. The van der Waals surface area contributed by atoms with Gasteiger partial charge in [-0.2, -0.15) is 8.42 Å². The van der Waals surface area contributed by atoms with Gasteiger partial charge in [0, 0.05) is 6.54 Å². The largest absolute Gasteiger partial charge is 1.00 e. The summed E-state index contributed by atoms with van der Waals surface area (Å²) < 4.78 is 31.1. The molecule has 0 bridgehead atoms. The zero-order valence-electron chi connectivity index (χ0n) is 16.2. The Morgan fingerprint density at radius 2 is 1.59 bits per heavy atom. The number of aliphatic carboxylic acids is 1. The number of rotatable bonds is 9. The minimum Gasteiger partial charge on any atom is -0.547 e. The van der Waals surface area contributed by atoms with Crippen molar-refractivity contribution in [3.63, 3.8) is 0 Å². The van der Waals surface area contributed by atoms with Crippen molar-refractivity contribution in [1.82, 2.24) is 10.6 Å². The monoisotopic (exact) mass is 432 g/mol. The third-order valence-corrected chi connectivity index (χ3v) is 4.46. The summed E-state index contributed by atoms with van der Waals surface area (Å²) in [6.07, 6.45) is -3.04. The van der Waals surface area contributed by atoms with Crippen molar-refractivity contribution in [2.75, 3.05) is 6.54 Å². The predicted octanol–water partition coefficient (Wildman–Crippen LogP) is -4.54. The minimum absolute atomic E-state index is 0. The average molecular weight is 433 g/mol. The molecule has 1 fully saturated rings. The molecule has 0 aliphatic carbocycles. The molecule has 0 aromatic heterocycles. The minimum atomic E-state index is -4.62. The van der Waals surface area contributed by atoms with Crippen LogP contribution in [-0.4, -0.2) is 51.0 Å². The quantitative estimate of drug-likeness (QED) is 0.346. The van der Waals surface area contributed by atoms with Crippen molar-refractivity contribution < 1.29 is 87.7 Å². The van der Waals surface area contributed by atoms with Crippen LogP contribution in [0.1, 0.15) is 40.5 Å². The fourth-order valence-corrected chi connectivity index (χ4v) is 3.21. The molecule has 1 rings (SSSR count). The molecular formula is C15H25KN2O8S. The van der Waals surface area contributed by atoms with E-state index in [9.17, 15) is 27.9 Å². The molecule has 1 aliphatic rings. The van der Waals surface area contributed by atoms with Gasteiger partial charge in [-0.25, -0.2) is 8.37 Å². The Labute approximate surface area is 201 Å². The van der Waals surface area contributed by atoms with Gasteiger partial charge in [-0.1, -0.05) is 27.7 Å². The molecule has 0 saturated carbocycles. The summed E-state index contributed by atoms with van der Waals surface area (Å²) in [5, 5.41) is 16.0. The fraction of sp³-hybridized carbons (Fsp3) is 0.800. The van der Waals surface area contributed by atoms with Gasteiger partial charge in [0.25, 0.3) is 5.91 Å². The van der Waals surface area contributed by atoms with E-state index in [2.05, 4.69) is 19.0 Å². The molecule has 0 unspecified atom stereocenters. The van der Waals surface area contributed by atoms with E-state index in [4.69, 9.17) is 0 Å². The van der Waals surface area contributed by atoms with Gasteiger partial charge in [-0.15, -0.1) is 0 Å². The summed E-state index contributed by atoms with van der Waals surface area (Å²) in [6, 6.07) is -0.969. The first-order valence-electron chi connectivity index (χ1n) is 8.33. The Hall–Kier alpha value is -0.0836. The number of carbonyl (C=O) groups excluding carboxylic acids is 3. The van der Waals surface area contributed by atoms with Crippen LogP contribution in [0.5, 0.6) is 0 Å². The normalized spacial score (nSPS) is 22.1. The number of carbonyl (C=O) groups is 3. The molecule has 1 aliphatic heterocycles. The van der Waals surface area contributed by atoms with Gasteiger partial charge in [0.2, 0.25) is 5.91 Å². The van der Waals surface area contributed by atoms with Crippen LogP contribution >= 0.6 is 0 Å². The van der Waals surface area contributed by atoms with E-state index < -0.39 is 46.4 Å². The summed E-state index contributed by atoms with van der Waals surface area (Å²) in [7, 11) is -4.62. The zero-order valence-corrected chi connectivity index (χ0v) is 20.1. The first-order chi connectivity index (χ1) is 11.9. The van der Waals surface area contributed by atoms with Gasteiger partial charge in [-0.05, 0) is 24.7 Å². The summed E-state index contributed by atoms with van der Waals surface area (Å²) >= 11 is 0. The zero-order chi connectivity index (χ0) is 20.1. The standard InChI is InChI=1S/C15H26N2O8S.K/c1-8(2)5-6-16-13(18)10(7-9(3)4)17-14(19)11-12(15(20)21)25-26(22,23)24-11;/h8-12H,5-7H2,1-4H3,(H,16,18)(H,17,19)(H,20,21);/q;+1/p-1/t10-,11-,12-;/m0./s1. The second-order valence-corrected chi connectivity index (χ2v) is 8.13. The van der Waals surface area contributed by atoms with Crippen molar-refractivity contribution in [1.29, 1.82) is 0 Å². The summed E-state index contributed by atoms with van der Waals surface area (Å²) in [6.45, 7) is 8.09. The van der Waals surface area contributed by atoms with Crippen LogP contribution in [0.3, 0.4) is 0 Å². The molecule has 0 aromatic rings. The molecule has 3 atom stereocenters. The maximum absolute atomic E-state index is 12.3. The number of carboxylic acid groups (broad SMARTS) is 1. The van der Waals surface area contributed by atoms with Crippen molar-refractivity contribution in [3.05, 3.63) is 0 Å². The summed E-state index contributed by atoms with van der Waals surface area (Å²) in [4.78, 5) is 35.6. The first-order valence-corrected chi connectivity index (χ1v) is 9.66. The van der Waals surface area contributed by atoms with E-state index in [1.54, 1.807) is 0 Å². The molecule has 0 spiro atoms. The third kappa shape index (κ3) is 9.30. The van der Waals surface area contributed by atoms with Gasteiger partial charge >= 0.3 is 61.8 Å². The Morgan fingerprint density at radius 3 is 2.07 bits per heavy atom. The Morgan fingerprint density at radius 1 is 1.04 bits per heavy atom. The predicted molar refractivity (Wildman–Crippen MR) is 87.5 cm³/mol. The summed E-state index contributed by atoms with van der Waals surface area (Å²) in [5.74, 6) is -3.01. The van der Waals surface area contributed by atoms with Crippen LogP contribution in [-0.2, 0) is 33.1 Å². The molecule has 0 radical (unpaired) electrons. The molecule has 150 valence electrons. The van der Waals surface area contributed by atoms with E-state index in [0.29, 0.717) is 12.5 Å². The van der Waals surface area contributed by atoms with Gasteiger partial charge in [0.05, 0.1) is 5.97 Å². The van der Waals surface area contributed by atoms with Crippen LogP contribution in [0.15, 0.2) is 0 Å². The SMILES string of the molecule is CC(C)CCNC(=O)[C@H](CC(C)C)NC(=O)[C@H]1OS(=O)(=O)O[C@@H]1C(=O)[O-].[K+]. The molecule has 2 amide bonds. The Kier molecular flexibility index (Phi) is 11.8.